The van der Waals surface area contributed by atoms with E-state index >= 15 is 0 Å². The van der Waals surface area contributed by atoms with E-state index in [4.69, 9.17) is 26.4 Å². The fourth-order valence-corrected chi connectivity index (χ4v) is 7.12. The average molecular weight is 586 g/mol. The lowest BCUT2D eigenvalue weighted by molar-refractivity contribution is -0.131. The molecule has 3 saturated carbocycles. The van der Waals surface area contributed by atoms with Crippen LogP contribution in [0, 0.1) is 52.3 Å². The van der Waals surface area contributed by atoms with Gasteiger partial charge in [0, 0.05) is 30.0 Å². The van der Waals surface area contributed by atoms with Crippen LogP contribution >= 0.6 is 12.2 Å². The molecule has 1 aromatic rings. The van der Waals surface area contributed by atoms with Gasteiger partial charge in [0.1, 0.15) is 5.76 Å². The predicted octanol–water partition coefficient (Wildman–Crippen LogP) is 5.13. The van der Waals surface area contributed by atoms with Gasteiger partial charge < -0.3 is 24.6 Å². The van der Waals surface area contributed by atoms with Crippen molar-refractivity contribution in [1.29, 1.82) is 0 Å². The molecule has 1 aliphatic heterocycles. The van der Waals surface area contributed by atoms with E-state index in [1.54, 1.807) is 0 Å². The second kappa shape index (κ2) is 10.1. The molecular formula is C28H28F5NO5S. The van der Waals surface area contributed by atoms with Gasteiger partial charge in [0.15, 0.2) is 17.6 Å². The molecular weight excluding hydrogens is 557 g/mol. The van der Waals surface area contributed by atoms with E-state index in [2.05, 4.69) is 5.32 Å². The molecule has 1 saturated heterocycles. The summed E-state index contributed by atoms with van der Waals surface area (Å²) < 4.78 is 85.6. The Kier molecular flexibility index (Phi) is 6.94. The van der Waals surface area contributed by atoms with Crippen LogP contribution in [0.15, 0.2) is 23.7 Å². The van der Waals surface area contributed by atoms with Crippen molar-refractivity contribution in [2.45, 2.75) is 63.1 Å². The topological polar surface area (TPSA) is 77.0 Å². The molecule has 12 heteroatoms. The molecule has 3 unspecified atom stereocenters. The molecule has 5 aliphatic rings. The number of carbonyl (C=O) groups excluding carboxylic acids is 1. The summed E-state index contributed by atoms with van der Waals surface area (Å²) in [6.07, 6.45) is 7.54. The highest BCUT2D eigenvalue weighted by Crippen LogP contribution is 2.63. The van der Waals surface area contributed by atoms with Gasteiger partial charge in [-0.3, -0.25) is 4.79 Å². The van der Waals surface area contributed by atoms with E-state index in [0.29, 0.717) is 50.3 Å². The minimum atomic E-state index is -2.33. The number of ether oxygens (including phenoxy) is 3. The lowest BCUT2D eigenvalue weighted by atomic mass is 9.62. The minimum Gasteiger partial charge on any atom is -0.482 e. The molecule has 5 atom stereocenters. The number of hydrogen-bond acceptors (Lipinski definition) is 7. The monoisotopic (exact) mass is 585 g/mol. The Bertz CT molecular complexity index is 1300. The van der Waals surface area contributed by atoms with Crippen LogP contribution in [0.1, 0.15) is 51.4 Å². The number of rotatable bonds is 7. The maximum Gasteiger partial charge on any atom is 0.363 e. The van der Waals surface area contributed by atoms with Crippen molar-refractivity contribution < 1.29 is 46.1 Å². The Balaban J connectivity index is 1.31. The van der Waals surface area contributed by atoms with Crippen molar-refractivity contribution in [3.05, 3.63) is 52.8 Å². The highest BCUT2D eigenvalue weighted by molar-refractivity contribution is 7.79. The first-order valence-corrected chi connectivity index (χ1v) is 13.9. The summed E-state index contributed by atoms with van der Waals surface area (Å²) in [4.78, 5) is 13.4. The Labute approximate surface area is 232 Å². The third-order valence-corrected chi connectivity index (χ3v) is 9.18. The lowest BCUT2D eigenvalue weighted by Crippen LogP contribution is -2.46. The molecule has 6 rings (SSSR count). The third kappa shape index (κ3) is 4.61. The van der Waals surface area contributed by atoms with E-state index in [1.807, 2.05) is 6.08 Å². The van der Waals surface area contributed by atoms with E-state index < -0.39 is 57.2 Å². The zero-order chi connectivity index (χ0) is 28.4. The molecule has 1 aromatic carbocycles. The Morgan fingerprint density at radius 1 is 1.05 bits per heavy atom. The molecule has 4 fully saturated rings. The molecule has 4 aliphatic carbocycles. The Morgan fingerprint density at radius 3 is 2.45 bits per heavy atom. The molecule has 2 N–H and O–H groups in total. The van der Waals surface area contributed by atoms with Crippen LogP contribution in [-0.4, -0.2) is 40.9 Å². The van der Waals surface area contributed by atoms with Crippen molar-refractivity contribution >= 4 is 23.2 Å². The molecule has 0 amide bonds. The van der Waals surface area contributed by atoms with Gasteiger partial charge in [0.2, 0.25) is 34.8 Å². The molecule has 2 bridgehead atoms. The number of halogens is 5. The fraction of sp³-hybridized carbons (Fsp3) is 0.571. The van der Waals surface area contributed by atoms with Crippen LogP contribution in [-0.2, 0) is 14.3 Å². The zero-order valence-corrected chi connectivity index (χ0v) is 22.2. The first-order valence-electron chi connectivity index (χ1n) is 13.5. The van der Waals surface area contributed by atoms with Gasteiger partial charge in [0.05, 0.1) is 5.60 Å². The first kappa shape index (κ1) is 27.6. The second-order valence-electron chi connectivity index (χ2n) is 11.6. The number of aliphatic hydroxyl groups is 1. The highest BCUT2D eigenvalue weighted by Gasteiger charge is 2.65. The number of nitrogens with one attached hydrogen (secondary N) is 1. The van der Waals surface area contributed by atoms with Crippen molar-refractivity contribution in [2.24, 2.45) is 23.2 Å². The quantitative estimate of drug-likeness (QED) is 0.151. The van der Waals surface area contributed by atoms with E-state index in [-0.39, 0.29) is 29.8 Å². The molecule has 0 radical (unpaired) electrons. The van der Waals surface area contributed by atoms with Crippen LogP contribution in [0.2, 0.25) is 0 Å². The van der Waals surface area contributed by atoms with Crippen molar-refractivity contribution in [1.82, 2.24) is 5.32 Å². The van der Waals surface area contributed by atoms with Crippen molar-refractivity contribution in [3.8, 4) is 5.75 Å². The van der Waals surface area contributed by atoms with Crippen LogP contribution in [0.25, 0.3) is 0 Å². The van der Waals surface area contributed by atoms with Crippen LogP contribution in [0.3, 0.4) is 0 Å². The summed E-state index contributed by atoms with van der Waals surface area (Å²) >= 11 is 4.96. The van der Waals surface area contributed by atoms with Gasteiger partial charge in [0.25, 0.3) is 0 Å². The fourth-order valence-electron chi connectivity index (χ4n) is 6.94. The molecule has 1 heterocycles. The average Bonchev–Trinajstić information content (AvgIpc) is 3.73. The first-order chi connectivity index (χ1) is 19.0. The van der Waals surface area contributed by atoms with E-state index in [9.17, 15) is 31.9 Å². The van der Waals surface area contributed by atoms with Crippen LogP contribution in [0.4, 0.5) is 22.0 Å². The lowest BCUT2D eigenvalue weighted by Gasteiger charge is -2.40. The predicted molar refractivity (Wildman–Crippen MR) is 134 cm³/mol. The Morgan fingerprint density at radius 2 is 1.75 bits per heavy atom. The minimum absolute atomic E-state index is 0.0201. The van der Waals surface area contributed by atoms with Gasteiger partial charge >= 0.3 is 5.24 Å². The smallest absolute Gasteiger partial charge is 0.363 e. The van der Waals surface area contributed by atoms with Crippen molar-refractivity contribution in [3.63, 3.8) is 0 Å². The maximum atomic E-state index is 14.1. The number of thiocarbonyl (C=S) groups is 1. The second-order valence-corrected chi connectivity index (χ2v) is 12.0. The standard InChI is InChI=1S/C28H28F5NO5S/c29-18-19(30)21(32)24(22(33)20(18)31)39-26(40)37-16-4-3-14-5-7-27(36)8-6-15(35)25-28(12-27,17(14)23(16)38-25)9-10-34-11-13-1-2-13/h3-4,13-14,17,25,34,36H,1-2,5-12H2/t14?,17?,25-,27?,28-/m0/s1. The van der Waals surface area contributed by atoms with Gasteiger partial charge in [-0.25, -0.2) is 13.2 Å². The largest absolute Gasteiger partial charge is 0.482 e. The zero-order valence-electron chi connectivity index (χ0n) is 21.4. The molecule has 40 heavy (non-hydrogen) atoms. The molecule has 6 nitrogen and oxygen atoms in total. The number of hydrogen-bond donors (Lipinski definition) is 2. The summed E-state index contributed by atoms with van der Waals surface area (Å²) in [5.74, 6) is -12.2. The number of carbonyl (C=O) groups is 1. The van der Waals surface area contributed by atoms with Gasteiger partial charge in [-0.2, -0.15) is 8.78 Å². The number of benzene rings is 1. The van der Waals surface area contributed by atoms with Gasteiger partial charge in [-0.15, -0.1) is 0 Å². The summed E-state index contributed by atoms with van der Waals surface area (Å²) in [6, 6.07) is 0. The van der Waals surface area contributed by atoms with Gasteiger partial charge in [-0.1, -0.05) is 6.08 Å². The highest BCUT2D eigenvalue weighted by atomic mass is 32.1. The SMILES string of the molecule is O=C1CCC2(O)CCC3C=CC(OC(=S)Oc4c(F)c(F)c(F)c(F)c4F)=C4O[C@@H]1[C@@](CCNCC1CC1)(C2)C43. The molecule has 0 spiro atoms. The van der Waals surface area contributed by atoms with Crippen molar-refractivity contribution in [2.75, 3.05) is 13.1 Å². The molecule has 216 valence electrons. The van der Waals surface area contributed by atoms with E-state index in [1.165, 1.54) is 18.9 Å². The normalized spacial score (nSPS) is 32.5. The van der Waals surface area contributed by atoms with Crippen LogP contribution in [0.5, 0.6) is 5.75 Å². The Hall–Kier alpha value is -2.57. The molecule has 0 aromatic heterocycles. The number of fused-ring (bicyclic) bond motifs is 1. The summed E-state index contributed by atoms with van der Waals surface area (Å²) in [5, 5.41) is 14.1. The maximum absolute atomic E-state index is 14.1. The number of ketones is 1. The van der Waals surface area contributed by atoms with Crippen LogP contribution < -0.4 is 10.1 Å². The van der Waals surface area contributed by atoms with E-state index in [0.717, 1.165) is 6.54 Å². The number of allylic oxidation sites excluding steroid dienone is 3. The third-order valence-electron chi connectivity index (χ3n) is 9.01. The van der Waals surface area contributed by atoms with Gasteiger partial charge in [-0.05, 0) is 75.9 Å². The summed E-state index contributed by atoms with van der Waals surface area (Å²) in [6.45, 7) is 1.51. The summed E-state index contributed by atoms with van der Waals surface area (Å²) in [7, 11) is 0. The summed E-state index contributed by atoms with van der Waals surface area (Å²) in [5.41, 5.74) is -1.77. The number of Topliss-reactive ketones (excluding diaryl/α,β-unsaturated/α-hetero) is 1.